The van der Waals surface area contributed by atoms with E-state index in [1.54, 1.807) is 0 Å². The highest BCUT2D eigenvalue weighted by molar-refractivity contribution is 5.89. The van der Waals surface area contributed by atoms with E-state index in [4.69, 9.17) is 4.74 Å². The summed E-state index contributed by atoms with van der Waals surface area (Å²) in [6, 6.07) is 19.2. The minimum atomic E-state index is -0.682. The second-order valence-corrected chi connectivity index (χ2v) is 10.7. The van der Waals surface area contributed by atoms with Crippen LogP contribution in [0.1, 0.15) is 57.1 Å². The smallest absolute Gasteiger partial charge is 0.407 e. The maximum Gasteiger partial charge on any atom is 0.407 e. The number of hydrogen-bond acceptors (Lipinski definition) is 5. The van der Waals surface area contributed by atoms with Gasteiger partial charge in [0, 0.05) is 11.6 Å². The van der Waals surface area contributed by atoms with Crippen molar-refractivity contribution in [1.29, 1.82) is 0 Å². The molecule has 0 bridgehead atoms. The van der Waals surface area contributed by atoms with Gasteiger partial charge in [-0.1, -0.05) is 74.5 Å². The summed E-state index contributed by atoms with van der Waals surface area (Å²) in [6.45, 7) is 3.88. The first-order chi connectivity index (χ1) is 18.2. The van der Waals surface area contributed by atoms with Crippen LogP contribution in [0.2, 0.25) is 0 Å². The lowest BCUT2D eigenvalue weighted by Crippen LogP contribution is -2.54. The van der Waals surface area contributed by atoms with Crippen LogP contribution in [0.3, 0.4) is 0 Å². The zero-order valence-corrected chi connectivity index (χ0v) is 23.0. The number of nitrogens with zero attached hydrogens (tertiary/aromatic N) is 1. The lowest BCUT2D eigenvalue weighted by molar-refractivity contribution is -0.129. The van der Waals surface area contributed by atoms with E-state index in [0.717, 1.165) is 31.2 Å². The first-order valence-corrected chi connectivity index (χ1v) is 13.5. The highest BCUT2D eigenvalue weighted by atomic mass is 16.5. The summed E-state index contributed by atoms with van der Waals surface area (Å²) in [5.41, 5.74) is 2.11. The van der Waals surface area contributed by atoms with E-state index in [-0.39, 0.29) is 36.6 Å². The minimum absolute atomic E-state index is 0.0468. The third-order valence-corrected chi connectivity index (χ3v) is 7.29. The van der Waals surface area contributed by atoms with Crippen molar-refractivity contribution in [3.05, 3.63) is 71.8 Å². The van der Waals surface area contributed by atoms with Crippen LogP contribution in [0.5, 0.6) is 0 Å². The van der Waals surface area contributed by atoms with Gasteiger partial charge in [0.1, 0.15) is 19.2 Å². The normalized spacial score (nSPS) is 20.0. The SMILES string of the molecule is CC(C)CC(NC(=O)CNC(=O)OCc1ccccc1)C(=O)NC1CCC(c2ccccc2)(N(C)C)CC1. The molecule has 0 saturated heterocycles. The quantitative estimate of drug-likeness (QED) is 0.415. The zero-order valence-electron chi connectivity index (χ0n) is 23.0. The topological polar surface area (TPSA) is 99.8 Å². The van der Waals surface area contributed by atoms with Gasteiger partial charge in [0.15, 0.2) is 0 Å². The number of amides is 3. The molecule has 8 nitrogen and oxygen atoms in total. The monoisotopic (exact) mass is 522 g/mol. The Morgan fingerprint density at radius 3 is 2.16 bits per heavy atom. The van der Waals surface area contributed by atoms with Crippen LogP contribution in [0.4, 0.5) is 4.79 Å². The van der Waals surface area contributed by atoms with Crippen molar-refractivity contribution in [2.45, 2.75) is 70.2 Å². The second kappa shape index (κ2) is 14.0. The van der Waals surface area contributed by atoms with E-state index >= 15 is 0 Å². The number of rotatable bonds is 11. The molecule has 3 N–H and O–H groups in total. The molecule has 0 aliphatic heterocycles. The molecule has 2 aromatic rings. The van der Waals surface area contributed by atoms with E-state index < -0.39 is 18.0 Å². The highest BCUT2D eigenvalue weighted by Crippen LogP contribution is 2.41. The number of ether oxygens (including phenoxy) is 1. The molecule has 206 valence electrons. The molecule has 0 spiro atoms. The molecule has 0 radical (unpaired) electrons. The van der Waals surface area contributed by atoms with Crippen molar-refractivity contribution in [3.8, 4) is 0 Å². The number of hydrogen-bond donors (Lipinski definition) is 3. The van der Waals surface area contributed by atoms with Crippen LogP contribution in [0.15, 0.2) is 60.7 Å². The predicted molar refractivity (Wildman–Crippen MR) is 148 cm³/mol. The fourth-order valence-corrected chi connectivity index (χ4v) is 5.16. The van der Waals surface area contributed by atoms with Crippen molar-refractivity contribution < 1.29 is 19.1 Å². The van der Waals surface area contributed by atoms with Crippen molar-refractivity contribution in [3.63, 3.8) is 0 Å². The highest BCUT2D eigenvalue weighted by Gasteiger charge is 2.39. The van der Waals surface area contributed by atoms with Gasteiger partial charge < -0.3 is 20.7 Å². The molecular formula is C30H42N4O4. The van der Waals surface area contributed by atoms with Crippen LogP contribution in [-0.4, -0.2) is 55.5 Å². The number of carbonyl (C=O) groups excluding carboxylic acids is 3. The van der Waals surface area contributed by atoms with Gasteiger partial charge in [-0.25, -0.2) is 4.79 Å². The summed E-state index contributed by atoms with van der Waals surface area (Å²) in [5, 5.41) is 8.43. The number of carbonyl (C=O) groups is 3. The molecule has 8 heteroatoms. The van der Waals surface area contributed by atoms with E-state index in [2.05, 4.69) is 59.2 Å². The third kappa shape index (κ3) is 8.31. The lowest BCUT2D eigenvalue weighted by Gasteiger charge is -2.46. The van der Waals surface area contributed by atoms with Crippen LogP contribution < -0.4 is 16.0 Å². The van der Waals surface area contributed by atoms with Crippen LogP contribution in [0.25, 0.3) is 0 Å². The fourth-order valence-electron chi connectivity index (χ4n) is 5.16. The Hall–Kier alpha value is -3.39. The van der Waals surface area contributed by atoms with Crippen LogP contribution in [0, 0.1) is 5.92 Å². The molecule has 2 aromatic carbocycles. The average Bonchev–Trinajstić information content (AvgIpc) is 2.91. The van der Waals surface area contributed by atoms with Crippen molar-refractivity contribution in [2.24, 2.45) is 5.92 Å². The van der Waals surface area contributed by atoms with E-state index in [9.17, 15) is 14.4 Å². The van der Waals surface area contributed by atoms with Crippen molar-refractivity contribution in [2.75, 3.05) is 20.6 Å². The molecule has 0 aromatic heterocycles. The Morgan fingerprint density at radius 1 is 0.974 bits per heavy atom. The summed E-state index contributed by atoms with van der Waals surface area (Å²) in [6.07, 6.45) is 3.41. The fraction of sp³-hybridized carbons (Fsp3) is 0.500. The van der Waals surface area contributed by atoms with E-state index in [1.807, 2.05) is 50.2 Å². The molecule has 1 aliphatic carbocycles. The molecule has 3 rings (SSSR count). The van der Waals surface area contributed by atoms with Gasteiger partial charge in [-0.2, -0.15) is 0 Å². The zero-order chi connectivity index (χ0) is 27.5. The van der Waals surface area contributed by atoms with Gasteiger partial charge >= 0.3 is 6.09 Å². The molecule has 3 amide bonds. The van der Waals surface area contributed by atoms with E-state index in [0.29, 0.717) is 6.42 Å². The van der Waals surface area contributed by atoms with Gasteiger partial charge in [0.2, 0.25) is 11.8 Å². The summed E-state index contributed by atoms with van der Waals surface area (Å²) in [5.74, 6) is -0.400. The second-order valence-electron chi connectivity index (χ2n) is 10.7. The summed E-state index contributed by atoms with van der Waals surface area (Å²) < 4.78 is 5.15. The first-order valence-electron chi connectivity index (χ1n) is 13.5. The molecule has 1 unspecified atom stereocenters. The van der Waals surface area contributed by atoms with Crippen LogP contribution >= 0.6 is 0 Å². The van der Waals surface area contributed by atoms with Crippen LogP contribution in [-0.2, 0) is 26.5 Å². The number of alkyl carbamates (subject to hydrolysis) is 1. The number of nitrogens with one attached hydrogen (secondary N) is 3. The maximum absolute atomic E-state index is 13.2. The predicted octanol–water partition coefficient (Wildman–Crippen LogP) is 3.96. The Kier molecular flexibility index (Phi) is 10.7. The molecule has 1 atom stereocenters. The Bertz CT molecular complexity index is 1030. The summed E-state index contributed by atoms with van der Waals surface area (Å²) >= 11 is 0. The molecule has 0 heterocycles. The van der Waals surface area contributed by atoms with Crippen molar-refractivity contribution >= 4 is 17.9 Å². The summed E-state index contributed by atoms with van der Waals surface area (Å²) in [7, 11) is 4.23. The largest absolute Gasteiger partial charge is 0.445 e. The Labute approximate surface area is 226 Å². The standard InChI is InChI=1S/C30H42N4O4/c1-22(2)19-26(33-27(35)20-31-29(37)38-21-23-11-7-5-8-12-23)28(36)32-25-15-17-30(18-16-25,34(3)4)24-13-9-6-10-14-24/h5-14,22,25-26H,15-21H2,1-4H3,(H,31,37)(H,32,36)(H,33,35). The summed E-state index contributed by atoms with van der Waals surface area (Å²) in [4.78, 5) is 40.0. The average molecular weight is 523 g/mol. The Morgan fingerprint density at radius 2 is 1.58 bits per heavy atom. The molecule has 1 saturated carbocycles. The molecule has 1 fully saturated rings. The first kappa shape index (κ1) is 29.2. The minimum Gasteiger partial charge on any atom is -0.445 e. The third-order valence-electron chi connectivity index (χ3n) is 7.29. The Balaban J connectivity index is 1.49. The van der Waals surface area contributed by atoms with Gasteiger partial charge in [0.25, 0.3) is 0 Å². The van der Waals surface area contributed by atoms with Gasteiger partial charge in [-0.15, -0.1) is 0 Å². The molecule has 1 aliphatic rings. The maximum atomic E-state index is 13.2. The number of benzene rings is 2. The van der Waals surface area contributed by atoms with Gasteiger partial charge in [-0.05, 0) is 63.2 Å². The van der Waals surface area contributed by atoms with Crippen molar-refractivity contribution in [1.82, 2.24) is 20.9 Å². The molecular weight excluding hydrogens is 480 g/mol. The van der Waals surface area contributed by atoms with Gasteiger partial charge in [-0.3, -0.25) is 14.5 Å². The lowest BCUT2D eigenvalue weighted by atomic mass is 9.74. The molecule has 38 heavy (non-hydrogen) atoms. The van der Waals surface area contributed by atoms with E-state index in [1.165, 1.54) is 5.56 Å². The van der Waals surface area contributed by atoms with Gasteiger partial charge in [0.05, 0.1) is 0 Å².